The number of hydrogen-bond donors (Lipinski definition) is 2. The number of fused-ring (bicyclic) bond motifs is 5. The molecule has 0 aliphatic heterocycles. The molecule has 0 amide bonds. The number of hydrogen-bond acceptors (Lipinski definition) is 4. The molecule has 0 heterocycles. The fourth-order valence-electron chi connectivity index (χ4n) is 6.91. The fraction of sp³-hybridized carbons (Fsp3) is 0.818. The zero-order chi connectivity index (χ0) is 19.4. The summed E-state index contributed by atoms with van der Waals surface area (Å²) >= 11 is 1.72. The number of carbonyl (C=O) groups excluding carboxylic acids is 1. The molecule has 0 radical (unpaired) electrons. The lowest BCUT2D eigenvalue weighted by Crippen LogP contribution is -2.52. The fourth-order valence-corrected chi connectivity index (χ4v) is 8.48. The van der Waals surface area contributed by atoms with Gasteiger partial charge in [0.2, 0.25) is 0 Å². The van der Waals surface area contributed by atoms with Crippen molar-refractivity contribution in [2.45, 2.75) is 76.6 Å². The second kappa shape index (κ2) is 6.91. The summed E-state index contributed by atoms with van der Waals surface area (Å²) in [6, 6.07) is 0. The smallest absolute Gasteiger partial charge is 0.304 e. The maximum Gasteiger partial charge on any atom is 0.304 e. The SMILES string of the molecule is C[C@]12CC[C@H](O)CC1=CC[C@H]1[C@@H]3[C@H](SCCC(=O)O)CC(=O)[C@@]3(C)CC[C@@H]12. The van der Waals surface area contributed by atoms with E-state index in [2.05, 4.69) is 19.9 Å². The van der Waals surface area contributed by atoms with Crippen molar-refractivity contribution in [2.24, 2.45) is 28.6 Å². The molecule has 4 aliphatic rings. The van der Waals surface area contributed by atoms with E-state index in [0.717, 1.165) is 38.5 Å². The Morgan fingerprint density at radius 1 is 1.22 bits per heavy atom. The molecule has 0 saturated heterocycles. The van der Waals surface area contributed by atoms with Crippen LogP contribution in [0.15, 0.2) is 11.6 Å². The van der Waals surface area contributed by atoms with E-state index in [-0.39, 0.29) is 28.6 Å². The van der Waals surface area contributed by atoms with E-state index in [0.29, 0.717) is 35.7 Å². The number of aliphatic carboxylic acids is 1. The number of thioether (sulfide) groups is 1. The highest BCUT2D eigenvalue weighted by atomic mass is 32.2. The number of rotatable bonds is 4. The minimum absolute atomic E-state index is 0.172. The zero-order valence-electron chi connectivity index (χ0n) is 16.4. The Kier molecular flexibility index (Phi) is 4.99. The predicted molar refractivity (Wildman–Crippen MR) is 107 cm³/mol. The molecule has 0 aromatic heterocycles. The standard InChI is InChI=1S/C22H32O4S/c1-21-8-5-14(23)11-13(21)3-4-15-16(21)6-9-22(2)18(24)12-17(20(15)22)27-10-7-19(25)26/h3,14-17,20,23H,4-12H2,1-2H3,(H,25,26)/t14-,15+,16-,17+,20+,21-,22+/m0/s1. The molecular weight excluding hydrogens is 360 g/mol. The number of aliphatic hydroxyl groups is 1. The van der Waals surface area contributed by atoms with E-state index in [1.165, 1.54) is 5.57 Å². The van der Waals surface area contributed by atoms with Crippen molar-refractivity contribution in [2.75, 3.05) is 5.75 Å². The van der Waals surface area contributed by atoms with Crippen LogP contribution in [-0.2, 0) is 9.59 Å². The van der Waals surface area contributed by atoms with E-state index in [1.54, 1.807) is 11.8 Å². The largest absolute Gasteiger partial charge is 0.481 e. The first-order valence-electron chi connectivity index (χ1n) is 10.5. The Bertz CT molecular complexity index is 673. The maximum atomic E-state index is 12.9. The minimum atomic E-state index is -0.755. The van der Waals surface area contributed by atoms with E-state index < -0.39 is 5.97 Å². The van der Waals surface area contributed by atoms with Crippen molar-refractivity contribution >= 4 is 23.5 Å². The van der Waals surface area contributed by atoms with E-state index >= 15 is 0 Å². The molecule has 0 aromatic rings. The predicted octanol–water partition coefficient (Wildman–Crippen LogP) is 4.07. The topological polar surface area (TPSA) is 74.6 Å². The molecule has 0 bridgehead atoms. The number of carbonyl (C=O) groups is 2. The molecule has 150 valence electrons. The minimum Gasteiger partial charge on any atom is -0.481 e. The molecule has 0 spiro atoms. The summed E-state index contributed by atoms with van der Waals surface area (Å²) in [6.07, 6.45) is 8.83. The highest BCUT2D eigenvalue weighted by molar-refractivity contribution is 8.00. The van der Waals surface area contributed by atoms with Crippen molar-refractivity contribution < 1.29 is 19.8 Å². The summed E-state index contributed by atoms with van der Waals surface area (Å²) in [4.78, 5) is 23.9. The number of carboxylic acids is 1. The molecule has 0 unspecified atom stereocenters. The second-order valence-electron chi connectivity index (χ2n) is 9.71. The lowest BCUT2D eigenvalue weighted by molar-refractivity contribution is -0.136. The number of allylic oxidation sites excluding steroid dienone is 1. The van der Waals surface area contributed by atoms with Gasteiger partial charge in [0.25, 0.3) is 0 Å². The van der Waals surface area contributed by atoms with Crippen LogP contribution in [0.5, 0.6) is 0 Å². The summed E-state index contributed by atoms with van der Waals surface area (Å²) in [5.41, 5.74) is 1.40. The van der Waals surface area contributed by atoms with Gasteiger partial charge in [0.05, 0.1) is 12.5 Å². The molecule has 27 heavy (non-hydrogen) atoms. The molecule has 2 N–H and O–H groups in total. The van der Waals surface area contributed by atoms with Crippen LogP contribution < -0.4 is 0 Å². The highest BCUT2D eigenvalue weighted by Crippen LogP contribution is 2.65. The Morgan fingerprint density at radius 2 is 1.96 bits per heavy atom. The Labute approximate surface area is 166 Å². The summed E-state index contributed by atoms with van der Waals surface area (Å²) < 4.78 is 0. The lowest BCUT2D eigenvalue weighted by atomic mass is 9.48. The van der Waals surface area contributed by atoms with Gasteiger partial charge >= 0.3 is 5.97 Å². The van der Waals surface area contributed by atoms with Crippen LogP contribution in [0.4, 0.5) is 0 Å². The summed E-state index contributed by atoms with van der Waals surface area (Å²) in [5, 5.41) is 19.4. The molecule has 4 rings (SSSR count). The van der Waals surface area contributed by atoms with Gasteiger partial charge in [-0.15, -0.1) is 0 Å². The van der Waals surface area contributed by atoms with E-state index in [1.807, 2.05) is 0 Å². The van der Waals surface area contributed by atoms with Gasteiger partial charge in [-0.3, -0.25) is 9.59 Å². The van der Waals surface area contributed by atoms with Crippen LogP contribution in [0, 0.1) is 28.6 Å². The third-order valence-corrected chi connectivity index (χ3v) is 9.73. The normalized spacial score (nSPS) is 46.3. The molecule has 4 nitrogen and oxygen atoms in total. The summed E-state index contributed by atoms with van der Waals surface area (Å²) in [7, 11) is 0. The van der Waals surface area contributed by atoms with Crippen LogP contribution >= 0.6 is 11.8 Å². The van der Waals surface area contributed by atoms with Crippen molar-refractivity contribution in [1.82, 2.24) is 0 Å². The van der Waals surface area contributed by atoms with E-state index in [4.69, 9.17) is 5.11 Å². The van der Waals surface area contributed by atoms with E-state index in [9.17, 15) is 14.7 Å². The number of ketones is 1. The molecular formula is C22H32O4S. The van der Waals surface area contributed by atoms with Gasteiger partial charge in [0, 0.05) is 22.8 Å². The average molecular weight is 393 g/mol. The molecule has 3 saturated carbocycles. The first kappa shape index (κ1) is 19.5. The maximum absolute atomic E-state index is 12.9. The van der Waals surface area contributed by atoms with Crippen LogP contribution in [-0.4, -0.2) is 39.1 Å². The lowest BCUT2D eigenvalue weighted by Gasteiger charge is -2.57. The van der Waals surface area contributed by atoms with Crippen molar-refractivity contribution in [1.29, 1.82) is 0 Å². The van der Waals surface area contributed by atoms with Gasteiger partial charge in [0.15, 0.2) is 0 Å². The number of carboxylic acid groups (broad SMARTS) is 1. The molecule has 7 atom stereocenters. The third-order valence-electron chi connectivity index (χ3n) is 8.40. The van der Waals surface area contributed by atoms with Gasteiger partial charge in [-0.2, -0.15) is 11.8 Å². The number of aliphatic hydroxyl groups excluding tert-OH is 1. The Hall–Kier alpha value is -0.810. The molecule has 3 fully saturated rings. The van der Waals surface area contributed by atoms with Gasteiger partial charge in [-0.05, 0) is 61.7 Å². The third kappa shape index (κ3) is 3.09. The Morgan fingerprint density at radius 3 is 2.70 bits per heavy atom. The summed E-state index contributed by atoms with van der Waals surface area (Å²) in [6.45, 7) is 4.58. The van der Waals surface area contributed by atoms with Gasteiger partial charge in [0.1, 0.15) is 5.78 Å². The monoisotopic (exact) mass is 392 g/mol. The van der Waals surface area contributed by atoms with Crippen molar-refractivity contribution in [3.8, 4) is 0 Å². The van der Waals surface area contributed by atoms with Crippen LogP contribution in [0.2, 0.25) is 0 Å². The second-order valence-corrected chi connectivity index (χ2v) is 11.1. The first-order valence-corrected chi connectivity index (χ1v) is 11.5. The molecule has 0 aromatic carbocycles. The quantitative estimate of drug-likeness (QED) is 0.706. The molecule has 5 heteroatoms. The number of Topliss-reactive ketones (excluding diaryl/α,β-unsaturated/α-hetero) is 1. The van der Waals surface area contributed by atoms with Gasteiger partial charge in [-0.1, -0.05) is 25.5 Å². The summed E-state index contributed by atoms with van der Waals surface area (Å²) in [5.74, 6) is 1.72. The van der Waals surface area contributed by atoms with Crippen LogP contribution in [0.1, 0.15) is 65.2 Å². The highest BCUT2D eigenvalue weighted by Gasteiger charge is 2.61. The van der Waals surface area contributed by atoms with Crippen molar-refractivity contribution in [3.63, 3.8) is 0 Å². The van der Waals surface area contributed by atoms with Crippen LogP contribution in [0.3, 0.4) is 0 Å². The zero-order valence-corrected chi connectivity index (χ0v) is 17.3. The Balaban J connectivity index is 1.61. The van der Waals surface area contributed by atoms with Crippen LogP contribution in [0.25, 0.3) is 0 Å². The average Bonchev–Trinajstić information content (AvgIpc) is 2.86. The molecule has 4 aliphatic carbocycles. The van der Waals surface area contributed by atoms with Gasteiger partial charge in [-0.25, -0.2) is 0 Å². The first-order chi connectivity index (χ1) is 12.8. The van der Waals surface area contributed by atoms with Crippen molar-refractivity contribution in [3.05, 3.63) is 11.6 Å². The van der Waals surface area contributed by atoms with Gasteiger partial charge < -0.3 is 10.2 Å².